The van der Waals surface area contributed by atoms with E-state index in [9.17, 15) is 14.4 Å². The summed E-state index contributed by atoms with van der Waals surface area (Å²) in [5, 5.41) is 11.3. The van der Waals surface area contributed by atoms with Gasteiger partial charge in [0, 0.05) is 7.11 Å². The Bertz CT molecular complexity index is 501. The lowest BCUT2D eigenvalue weighted by atomic mass is 10.1. The number of nitrogens with one attached hydrogen (secondary N) is 1. The average molecular weight is 295 g/mol. The number of carboxylic acids is 1. The second-order valence-electron chi connectivity index (χ2n) is 4.21. The monoisotopic (exact) mass is 295 g/mol. The molecule has 1 aromatic rings. The van der Waals surface area contributed by atoms with Gasteiger partial charge in [-0.2, -0.15) is 0 Å². The lowest BCUT2D eigenvalue weighted by Gasteiger charge is -2.19. The fourth-order valence-electron chi connectivity index (χ4n) is 1.72. The maximum atomic E-state index is 12.1. The molecular formula is C14H17NO6. The van der Waals surface area contributed by atoms with Crippen LogP contribution >= 0.6 is 0 Å². The van der Waals surface area contributed by atoms with Crippen LogP contribution in [0.1, 0.15) is 18.1 Å². The smallest absolute Gasteiger partial charge is 0.326 e. The Hall–Kier alpha value is -2.41. The molecule has 0 aromatic heterocycles. The zero-order valence-corrected chi connectivity index (χ0v) is 11.7. The van der Waals surface area contributed by atoms with E-state index in [0.717, 1.165) is 7.11 Å². The van der Waals surface area contributed by atoms with Crippen LogP contribution in [0.5, 0.6) is 0 Å². The molecule has 0 heterocycles. The van der Waals surface area contributed by atoms with Crippen LogP contribution in [0, 0.1) is 0 Å². The van der Waals surface area contributed by atoms with Crippen molar-refractivity contribution in [2.24, 2.45) is 0 Å². The number of rotatable bonds is 7. The van der Waals surface area contributed by atoms with Crippen molar-refractivity contribution < 1.29 is 29.0 Å². The highest BCUT2D eigenvalue weighted by Crippen LogP contribution is 2.16. The molecule has 0 bridgehead atoms. The van der Waals surface area contributed by atoms with E-state index in [1.165, 1.54) is 7.11 Å². The van der Waals surface area contributed by atoms with Gasteiger partial charge >= 0.3 is 11.9 Å². The summed E-state index contributed by atoms with van der Waals surface area (Å²) in [5.41, 5.74) is 0.583. The van der Waals surface area contributed by atoms with E-state index < -0.39 is 36.4 Å². The van der Waals surface area contributed by atoms with Gasteiger partial charge in [-0.15, -0.1) is 0 Å². The number of methoxy groups -OCH3 is 2. The van der Waals surface area contributed by atoms with Crippen molar-refractivity contribution in [3.8, 4) is 0 Å². The fraction of sp³-hybridized carbons (Fsp3) is 0.357. The Morgan fingerprint density at radius 2 is 1.81 bits per heavy atom. The highest BCUT2D eigenvalue weighted by atomic mass is 16.5. The van der Waals surface area contributed by atoms with Gasteiger partial charge in [0.05, 0.1) is 13.5 Å². The number of amides is 1. The second-order valence-corrected chi connectivity index (χ2v) is 4.21. The van der Waals surface area contributed by atoms with Gasteiger partial charge in [-0.1, -0.05) is 30.3 Å². The van der Waals surface area contributed by atoms with Crippen LogP contribution in [0.25, 0.3) is 0 Å². The topological polar surface area (TPSA) is 102 Å². The van der Waals surface area contributed by atoms with Crippen molar-refractivity contribution in [2.75, 3.05) is 14.2 Å². The third-order valence-corrected chi connectivity index (χ3v) is 2.79. The second kappa shape index (κ2) is 8.01. The van der Waals surface area contributed by atoms with Gasteiger partial charge in [-0.05, 0) is 5.56 Å². The summed E-state index contributed by atoms with van der Waals surface area (Å²) < 4.78 is 9.49. The van der Waals surface area contributed by atoms with Crippen molar-refractivity contribution in [3.63, 3.8) is 0 Å². The highest BCUT2D eigenvalue weighted by molar-refractivity contribution is 5.89. The van der Waals surface area contributed by atoms with Gasteiger partial charge in [0.15, 0.2) is 6.10 Å². The molecule has 1 rings (SSSR count). The van der Waals surface area contributed by atoms with E-state index in [4.69, 9.17) is 9.84 Å². The van der Waals surface area contributed by atoms with Gasteiger partial charge in [-0.25, -0.2) is 4.79 Å². The first-order valence-electron chi connectivity index (χ1n) is 6.17. The van der Waals surface area contributed by atoms with Gasteiger partial charge in [0.25, 0.3) is 5.91 Å². The average Bonchev–Trinajstić information content (AvgIpc) is 2.48. The van der Waals surface area contributed by atoms with E-state index in [1.807, 2.05) is 0 Å². The molecule has 1 aromatic carbocycles. The SMILES string of the molecule is COC(=O)C[C@H](NC(=O)C(OC)c1ccccc1)C(=O)O. The van der Waals surface area contributed by atoms with Crippen LogP contribution in [0.4, 0.5) is 0 Å². The molecule has 7 nitrogen and oxygen atoms in total. The number of benzene rings is 1. The van der Waals surface area contributed by atoms with E-state index in [2.05, 4.69) is 10.1 Å². The largest absolute Gasteiger partial charge is 0.480 e. The normalized spacial score (nSPS) is 13.0. The number of carbonyl (C=O) groups is 3. The summed E-state index contributed by atoms with van der Waals surface area (Å²) >= 11 is 0. The molecule has 1 unspecified atom stereocenters. The Kier molecular flexibility index (Phi) is 6.35. The van der Waals surface area contributed by atoms with Gasteiger partial charge in [0.2, 0.25) is 0 Å². The van der Waals surface area contributed by atoms with Crippen molar-refractivity contribution in [1.82, 2.24) is 5.32 Å². The van der Waals surface area contributed by atoms with E-state index in [0.29, 0.717) is 5.56 Å². The number of ether oxygens (including phenoxy) is 2. The number of carboxylic acid groups (broad SMARTS) is 1. The van der Waals surface area contributed by atoms with E-state index in [-0.39, 0.29) is 0 Å². The number of hydrogen-bond acceptors (Lipinski definition) is 5. The first kappa shape index (κ1) is 16.6. The highest BCUT2D eigenvalue weighted by Gasteiger charge is 2.28. The maximum Gasteiger partial charge on any atom is 0.326 e. The predicted octanol–water partition coefficient (Wildman–Crippen LogP) is 0.507. The van der Waals surface area contributed by atoms with Crippen molar-refractivity contribution in [3.05, 3.63) is 35.9 Å². The fourth-order valence-corrected chi connectivity index (χ4v) is 1.72. The molecule has 0 fully saturated rings. The van der Waals surface area contributed by atoms with E-state index >= 15 is 0 Å². The first-order valence-corrected chi connectivity index (χ1v) is 6.17. The minimum Gasteiger partial charge on any atom is -0.480 e. The Balaban J connectivity index is 2.80. The molecule has 2 atom stereocenters. The van der Waals surface area contributed by atoms with Gasteiger partial charge < -0.3 is 19.9 Å². The van der Waals surface area contributed by atoms with Crippen LogP contribution < -0.4 is 5.32 Å². The van der Waals surface area contributed by atoms with Crippen LogP contribution in [0.15, 0.2) is 30.3 Å². The summed E-state index contributed by atoms with van der Waals surface area (Å²) in [6.45, 7) is 0. The zero-order valence-electron chi connectivity index (χ0n) is 11.7. The molecule has 0 saturated carbocycles. The summed E-state index contributed by atoms with van der Waals surface area (Å²) in [6, 6.07) is 7.25. The number of aliphatic carboxylic acids is 1. The molecule has 21 heavy (non-hydrogen) atoms. The Morgan fingerprint density at radius 1 is 1.19 bits per heavy atom. The quantitative estimate of drug-likeness (QED) is 0.710. The Labute approximate surface area is 121 Å². The summed E-state index contributed by atoms with van der Waals surface area (Å²) in [7, 11) is 2.48. The predicted molar refractivity (Wildman–Crippen MR) is 72.4 cm³/mol. The molecule has 114 valence electrons. The molecule has 0 spiro atoms. The summed E-state index contributed by atoms with van der Waals surface area (Å²) in [5.74, 6) is -2.69. The summed E-state index contributed by atoms with van der Waals surface area (Å²) in [4.78, 5) is 34.3. The molecule has 0 aliphatic carbocycles. The third-order valence-electron chi connectivity index (χ3n) is 2.79. The van der Waals surface area contributed by atoms with Crippen LogP contribution in [-0.4, -0.2) is 43.2 Å². The zero-order chi connectivity index (χ0) is 15.8. The lowest BCUT2D eigenvalue weighted by Crippen LogP contribution is -2.44. The molecule has 0 aliphatic heterocycles. The van der Waals surface area contributed by atoms with Crippen molar-refractivity contribution in [1.29, 1.82) is 0 Å². The number of hydrogen-bond donors (Lipinski definition) is 2. The van der Waals surface area contributed by atoms with Crippen LogP contribution in [0.3, 0.4) is 0 Å². The first-order chi connectivity index (χ1) is 9.99. The molecule has 2 N–H and O–H groups in total. The van der Waals surface area contributed by atoms with Crippen molar-refractivity contribution in [2.45, 2.75) is 18.6 Å². The third kappa shape index (κ3) is 4.88. The van der Waals surface area contributed by atoms with Crippen LogP contribution in [0.2, 0.25) is 0 Å². The standard InChI is InChI=1S/C14H17NO6/c1-20-11(16)8-10(14(18)19)15-13(17)12(21-2)9-6-4-3-5-7-9/h3-7,10,12H,8H2,1-2H3,(H,15,17)(H,18,19)/t10-,12?/m0/s1. The lowest BCUT2D eigenvalue weighted by molar-refractivity contribution is -0.149. The molecule has 0 radical (unpaired) electrons. The minimum atomic E-state index is -1.37. The molecule has 0 saturated heterocycles. The van der Waals surface area contributed by atoms with Gasteiger partial charge in [0.1, 0.15) is 6.04 Å². The number of esters is 1. The van der Waals surface area contributed by atoms with Crippen LogP contribution in [-0.2, 0) is 23.9 Å². The molecule has 1 amide bonds. The molecular weight excluding hydrogens is 278 g/mol. The maximum absolute atomic E-state index is 12.1. The molecule has 7 heteroatoms. The molecule has 0 aliphatic rings. The minimum absolute atomic E-state index is 0.456. The van der Waals surface area contributed by atoms with E-state index in [1.54, 1.807) is 30.3 Å². The number of carbonyl (C=O) groups excluding carboxylic acids is 2. The summed E-state index contributed by atoms with van der Waals surface area (Å²) in [6.07, 6.45) is -1.41. The Morgan fingerprint density at radius 3 is 2.29 bits per heavy atom. The van der Waals surface area contributed by atoms with Crippen molar-refractivity contribution >= 4 is 17.8 Å². The van der Waals surface area contributed by atoms with Gasteiger partial charge in [-0.3, -0.25) is 9.59 Å².